The minimum absolute atomic E-state index is 0.113. The maximum atomic E-state index is 12.9. The lowest BCUT2D eigenvalue weighted by molar-refractivity contribution is 0.177. The van der Waals surface area contributed by atoms with Crippen molar-refractivity contribution in [3.05, 3.63) is 48.4 Å². The first-order valence-electron chi connectivity index (χ1n) is 7.42. The summed E-state index contributed by atoms with van der Waals surface area (Å²) < 4.78 is 41.6. The molecular formula is C16H20N2O6S. The number of nitrogens with zero attached hydrogens (tertiary/aromatic N) is 1. The molecule has 0 fully saturated rings. The lowest BCUT2D eigenvalue weighted by atomic mass is 10.3. The Morgan fingerprint density at radius 2 is 1.92 bits per heavy atom. The van der Waals surface area contributed by atoms with E-state index in [1.54, 1.807) is 6.07 Å². The van der Waals surface area contributed by atoms with Crippen LogP contribution >= 0.6 is 0 Å². The second-order valence-corrected chi connectivity index (χ2v) is 7.04. The first-order valence-corrected chi connectivity index (χ1v) is 8.86. The van der Waals surface area contributed by atoms with Gasteiger partial charge < -0.3 is 13.9 Å². The van der Waals surface area contributed by atoms with Crippen LogP contribution in [-0.2, 0) is 26.0 Å². The molecule has 1 aromatic heterocycles. The van der Waals surface area contributed by atoms with Gasteiger partial charge in [0, 0.05) is 31.5 Å². The Labute approximate surface area is 146 Å². The zero-order chi connectivity index (χ0) is 18.3. The van der Waals surface area contributed by atoms with E-state index in [0.29, 0.717) is 5.69 Å². The number of anilines is 1. The van der Waals surface area contributed by atoms with Crippen molar-refractivity contribution in [2.24, 2.45) is 0 Å². The van der Waals surface area contributed by atoms with Crippen molar-refractivity contribution in [3.63, 3.8) is 0 Å². The van der Waals surface area contributed by atoms with Crippen LogP contribution in [0.2, 0.25) is 0 Å². The Hall–Kier alpha value is -2.36. The molecule has 0 radical (unpaired) electrons. The van der Waals surface area contributed by atoms with E-state index in [9.17, 15) is 13.2 Å². The van der Waals surface area contributed by atoms with Crippen molar-refractivity contribution in [2.45, 2.75) is 11.4 Å². The Morgan fingerprint density at radius 1 is 1.20 bits per heavy atom. The number of ether oxygens (including phenoxy) is 2. The second-order valence-electron chi connectivity index (χ2n) is 5.10. The number of hydrogen-bond acceptors (Lipinski definition) is 6. The molecule has 1 aromatic carbocycles. The standard InChI is InChI=1S/C16H20N2O6S/c1-22-10-8-18(11-13-7-9-24-12-13)25(20,21)15-5-3-14(4-6-15)17-16(19)23-2/h3-7,9,12H,8,10-11H2,1-2H3,(H,17,19). The molecule has 1 heterocycles. The summed E-state index contributed by atoms with van der Waals surface area (Å²) in [5.41, 5.74) is 1.17. The number of benzene rings is 1. The van der Waals surface area contributed by atoms with Crippen LogP contribution in [0.25, 0.3) is 0 Å². The number of rotatable bonds is 8. The maximum absolute atomic E-state index is 12.9. The minimum Gasteiger partial charge on any atom is -0.472 e. The van der Waals surface area contributed by atoms with Gasteiger partial charge in [-0.25, -0.2) is 13.2 Å². The summed E-state index contributed by atoms with van der Waals surface area (Å²) in [6.07, 6.45) is 2.36. The lowest BCUT2D eigenvalue weighted by Crippen LogP contribution is -2.33. The van der Waals surface area contributed by atoms with Crippen LogP contribution < -0.4 is 5.32 Å². The van der Waals surface area contributed by atoms with Crippen LogP contribution in [0.5, 0.6) is 0 Å². The monoisotopic (exact) mass is 368 g/mol. The number of nitrogens with one attached hydrogen (secondary N) is 1. The molecule has 2 rings (SSSR count). The predicted octanol–water partition coefficient (Wildman–Crippen LogP) is 2.30. The SMILES string of the molecule is COCCN(Cc1ccoc1)S(=O)(=O)c1ccc(NC(=O)OC)cc1. The van der Waals surface area contributed by atoms with Crippen molar-refractivity contribution in [2.75, 3.05) is 32.7 Å². The smallest absolute Gasteiger partial charge is 0.411 e. The minimum atomic E-state index is -3.73. The van der Waals surface area contributed by atoms with Gasteiger partial charge in [-0.05, 0) is 30.3 Å². The van der Waals surface area contributed by atoms with E-state index < -0.39 is 16.1 Å². The molecule has 0 aliphatic heterocycles. The number of sulfonamides is 1. The van der Waals surface area contributed by atoms with Crippen LogP contribution in [0.3, 0.4) is 0 Å². The van der Waals surface area contributed by atoms with E-state index in [-0.39, 0.29) is 24.6 Å². The molecule has 2 aromatic rings. The summed E-state index contributed by atoms with van der Waals surface area (Å²) in [6, 6.07) is 7.55. The van der Waals surface area contributed by atoms with Crippen LogP contribution in [0.1, 0.15) is 5.56 Å². The first-order chi connectivity index (χ1) is 12.0. The summed E-state index contributed by atoms with van der Waals surface area (Å²) in [5.74, 6) is 0. The molecule has 8 nitrogen and oxygen atoms in total. The number of amides is 1. The summed E-state index contributed by atoms with van der Waals surface area (Å²) in [7, 11) is -0.975. The van der Waals surface area contributed by atoms with E-state index in [4.69, 9.17) is 9.15 Å². The highest BCUT2D eigenvalue weighted by Gasteiger charge is 2.24. The van der Waals surface area contributed by atoms with E-state index in [0.717, 1.165) is 5.56 Å². The molecule has 0 aliphatic rings. The zero-order valence-electron chi connectivity index (χ0n) is 14.0. The predicted molar refractivity (Wildman–Crippen MR) is 90.6 cm³/mol. The van der Waals surface area contributed by atoms with E-state index in [2.05, 4.69) is 10.1 Å². The van der Waals surface area contributed by atoms with Crippen LogP contribution in [-0.4, -0.2) is 46.2 Å². The molecule has 136 valence electrons. The third kappa shape index (κ3) is 5.05. The number of carbonyl (C=O) groups is 1. The fourth-order valence-corrected chi connectivity index (χ4v) is 3.50. The fraction of sp³-hybridized carbons (Fsp3) is 0.312. The highest BCUT2D eigenvalue weighted by atomic mass is 32.2. The molecule has 0 bridgehead atoms. The molecule has 25 heavy (non-hydrogen) atoms. The fourth-order valence-electron chi connectivity index (χ4n) is 2.09. The molecule has 1 N–H and O–H groups in total. The van der Waals surface area contributed by atoms with Crippen molar-refractivity contribution in [1.82, 2.24) is 4.31 Å². The van der Waals surface area contributed by atoms with Crippen molar-refractivity contribution in [3.8, 4) is 0 Å². The first kappa shape index (κ1) is 19.0. The van der Waals surface area contributed by atoms with Crippen LogP contribution in [0.15, 0.2) is 52.2 Å². The molecule has 0 saturated heterocycles. The summed E-state index contributed by atoms with van der Waals surface area (Å²) >= 11 is 0. The third-order valence-electron chi connectivity index (χ3n) is 3.41. The Bertz CT molecular complexity index is 771. The van der Waals surface area contributed by atoms with Gasteiger partial charge in [0.05, 0.1) is 31.1 Å². The Morgan fingerprint density at radius 3 is 2.48 bits per heavy atom. The number of carbonyl (C=O) groups excluding carboxylic acids is 1. The normalized spacial score (nSPS) is 11.5. The lowest BCUT2D eigenvalue weighted by Gasteiger charge is -2.21. The summed E-state index contributed by atoms with van der Waals surface area (Å²) in [6.45, 7) is 0.635. The van der Waals surface area contributed by atoms with E-state index in [1.807, 2.05) is 0 Å². The van der Waals surface area contributed by atoms with Crippen LogP contribution in [0.4, 0.5) is 10.5 Å². The Kier molecular flexibility index (Phi) is 6.57. The molecule has 0 aliphatic carbocycles. The highest BCUT2D eigenvalue weighted by Crippen LogP contribution is 2.20. The van der Waals surface area contributed by atoms with Crippen molar-refractivity contribution < 1.29 is 27.1 Å². The third-order valence-corrected chi connectivity index (χ3v) is 5.27. The highest BCUT2D eigenvalue weighted by molar-refractivity contribution is 7.89. The van der Waals surface area contributed by atoms with E-state index in [1.165, 1.54) is 55.3 Å². The van der Waals surface area contributed by atoms with Crippen molar-refractivity contribution >= 4 is 21.8 Å². The quantitative estimate of drug-likeness (QED) is 0.768. The number of methoxy groups -OCH3 is 2. The number of hydrogen-bond donors (Lipinski definition) is 1. The van der Waals surface area contributed by atoms with Gasteiger partial charge in [-0.3, -0.25) is 5.32 Å². The molecule has 1 amide bonds. The molecule has 0 saturated carbocycles. The van der Waals surface area contributed by atoms with Crippen LogP contribution in [0, 0.1) is 0 Å². The van der Waals surface area contributed by atoms with E-state index >= 15 is 0 Å². The maximum Gasteiger partial charge on any atom is 0.411 e. The van der Waals surface area contributed by atoms with Gasteiger partial charge in [0.15, 0.2) is 0 Å². The van der Waals surface area contributed by atoms with Gasteiger partial charge in [0.25, 0.3) is 0 Å². The Balaban J connectivity index is 2.21. The number of furan rings is 1. The van der Waals surface area contributed by atoms with Gasteiger partial charge in [-0.1, -0.05) is 0 Å². The average Bonchev–Trinajstić information content (AvgIpc) is 3.12. The molecule has 0 unspecified atom stereocenters. The van der Waals surface area contributed by atoms with Gasteiger partial charge >= 0.3 is 6.09 Å². The summed E-state index contributed by atoms with van der Waals surface area (Å²) in [4.78, 5) is 11.3. The van der Waals surface area contributed by atoms with Crippen molar-refractivity contribution in [1.29, 1.82) is 0 Å². The second kappa shape index (κ2) is 8.65. The largest absolute Gasteiger partial charge is 0.472 e. The van der Waals surface area contributed by atoms with Gasteiger partial charge in [0.2, 0.25) is 10.0 Å². The average molecular weight is 368 g/mol. The molecular weight excluding hydrogens is 348 g/mol. The molecule has 0 spiro atoms. The zero-order valence-corrected chi connectivity index (χ0v) is 14.8. The van der Waals surface area contributed by atoms with Gasteiger partial charge in [-0.2, -0.15) is 4.31 Å². The molecule has 9 heteroatoms. The van der Waals surface area contributed by atoms with Gasteiger partial charge in [-0.15, -0.1) is 0 Å². The summed E-state index contributed by atoms with van der Waals surface area (Å²) in [5, 5.41) is 2.47. The van der Waals surface area contributed by atoms with Gasteiger partial charge in [0.1, 0.15) is 0 Å². The molecule has 0 atom stereocenters. The topological polar surface area (TPSA) is 98.1 Å².